The Morgan fingerprint density at radius 2 is 1.10 bits per heavy atom. The Hall–Kier alpha value is -5.54. The molecular formula is C49H39BN2. The molecule has 52 heavy (non-hydrogen) atoms. The molecule has 0 unspecified atom stereocenters. The normalized spacial score (nSPS) is 14.0. The van der Waals surface area contributed by atoms with Crippen molar-refractivity contribution in [1.82, 2.24) is 9.13 Å². The van der Waals surface area contributed by atoms with Gasteiger partial charge < -0.3 is 9.13 Å². The van der Waals surface area contributed by atoms with Crippen molar-refractivity contribution in [3.8, 4) is 33.6 Å². The van der Waals surface area contributed by atoms with E-state index >= 15 is 0 Å². The van der Waals surface area contributed by atoms with Gasteiger partial charge in [0.15, 0.2) is 0 Å². The highest BCUT2D eigenvalue weighted by atomic mass is 15.0. The zero-order valence-corrected chi connectivity index (χ0v) is 30.9. The summed E-state index contributed by atoms with van der Waals surface area (Å²) in [4.78, 5) is 0. The monoisotopic (exact) mass is 666 g/mol. The van der Waals surface area contributed by atoms with Crippen molar-refractivity contribution in [2.45, 2.75) is 59.3 Å². The van der Waals surface area contributed by atoms with E-state index in [4.69, 9.17) is 0 Å². The van der Waals surface area contributed by atoms with Crippen molar-refractivity contribution >= 4 is 77.5 Å². The molecule has 0 saturated heterocycles. The average Bonchev–Trinajstić information content (AvgIpc) is 3.60. The van der Waals surface area contributed by atoms with Gasteiger partial charge in [0.25, 0.3) is 6.71 Å². The Morgan fingerprint density at radius 1 is 0.481 bits per heavy atom. The van der Waals surface area contributed by atoms with Gasteiger partial charge in [-0.05, 0) is 120 Å². The summed E-state index contributed by atoms with van der Waals surface area (Å²) in [5, 5.41) is 8.16. The lowest BCUT2D eigenvalue weighted by molar-refractivity contribution is 0.590. The van der Waals surface area contributed by atoms with Crippen LogP contribution in [0.15, 0.2) is 109 Å². The van der Waals surface area contributed by atoms with E-state index in [9.17, 15) is 0 Å². The quantitative estimate of drug-likeness (QED) is 0.143. The van der Waals surface area contributed by atoms with E-state index in [0.717, 1.165) is 0 Å². The number of fused-ring (bicyclic) bond motifs is 10. The minimum Gasteiger partial charge on any atom is -0.310 e. The number of aryl methyl sites for hydroxylation is 1. The Morgan fingerprint density at radius 3 is 1.79 bits per heavy atom. The summed E-state index contributed by atoms with van der Waals surface area (Å²) >= 11 is 0. The molecule has 9 aromatic rings. The molecule has 3 aliphatic rings. The maximum absolute atomic E-state index is 2.64. The van der Waals surface area contributed by atoms with Gasteiger partial charge in [-0.1, -0.05) is 114 Å². The number of hydrogen-bond donors (Lipinski definition) is 0. The molecular weight excluding hydrogens is 627 g/mol. The van der Waals surface area contributed by atoms with Gasteiger partial charge in [-0.2, -0.15) is 0 Å². The Bertz CT molecular complexity index is 3150. The number of rotatable bonds is 0. The first-order chi connectivity index (χ1) is 25.0. The summed E-state index contributed by atoms with van der Waals surface area (Å²) in [6.45, 7) is 16.5. The van der Waals surface area contributed by atoms with Crippen LogP contribution in [0, 0.1) is 6.92 Å². The summed E-state index contributed by atoms with van der Waals surface area (Å²) in [5.41, 5.74) is 21.7. The van der Waals surface area contributed by atoms with Crippen molar-refractivity contribution in [2.24, 2.45) is 0 Å². The predicted octanol–water partition coefficient (Wildman–Crippen LogP) is 10.7. The van der Waals surface area contributed by atoms with Crippen LogP contribution in [0.2, 0.25) is 0 Å². The fourth-order valence-corrected chi connectivity index (χ4v) is 10.4. The highest BCUT2D eigenvalue weighted by Gasteiger charge is 2.42. The second kappa shape index (κ2) is 9.09. The average molecular weight is 667 g/mol. The highest BCUT2D eigenvalue weighted by molar-refractivity contribution is 7.00. The molecule has 12 rings (SSSR count). The van der Waals surface area contributed by atoms with Gasteiger partial charge in [-0.15, -0.1) is 0 Å². The minimum atomic E-state index is -0.00200. The third-order valence-electron chi connectivity index (χ3n) is 12.7. The first-order valence-corrected chi connectivity index (χ1v) is 18.9. The minimum absolute atomic E-state index is 0.00200. The van der Waals surface area contributed by atoms with E-state index in [0.29, 0.717) is 0 Å². The third kappa shape index (κ3) is 3.35. The van der Waals surface area contributed by atoms with E-state index in [2.05, 4.69) is 167 Å². The summed E-state index contributed by atoms with van der Waals surface area (Å²) in [7, 11) is 0. The molecule has 7 aromatic carbocycles. The van der Waals surface area contributed by atoms with Gasteiger partial charge in [0.1, 0.15) is 0 Å². The van der Waals surface area contributed by atoms with Crippen LogP contribution in [-0.2, 0) is 10.8 Å². The molecule has 0 atom stereocenters. The molecule has 0 N–H and O–H groups in total. The third-order valence-corrected chi connectivity index (χ3v) is 12.7. The molecule has 0 saturated carbocycles. The van der Waals surface area contributed by atoms with Crippen LogP contribution < -0.4 is 16.4 Å². The Labute approximate surface area is 304 Å². The zero-order chi connectivity index (χ0) is 35.2. The van der Waals surface area contributed by atoms with Gasteiger partial charge in [0, 0.05) is 38.4 Å². The van der Waals surface area contributed by atoms with Crippen LogP contribution in [0.5, 0.6) is 0 Å². The van der Waals surface area contributed by atoms with Gasteiger partial charge in [0.05, 0.1) is 16.6 Å². The van der Waals surface area contributed by atoms with E-state index in [1.807, 2.05) is 0 Å². The van der Waals surface area contributed by atoms with Crippen LogP contribution in [0.25, 0.3) is 88.0 Å². The summed E-state index contributed by atoms with van der Waals surface area (Å²) in [5.74, 6) is 0. The van der Waals surface area contributed by atoms with E-state index in [1.54, 1.807) is 0 Å². The molecule has 3 heteroatoms. The Kier molecular flexibility index (Phi) is 5.08. The molecule has 2 nitrogen and oxygen atoms in total. The predicted molar refractivity (Wildman–Crippen MR) is 224 cm³/mol. The smallest absolute Gasteiger partial charge is 0.252 e. The van der Waals surface area contributed by atoms with Gasteiger partial charge in [0.2, 0.25) is 0 Å². The van der Waals surface area contributed by atoms with Crippen molar-refractivity contribution in [3.63, 3.8) is 0 Å². The first kappa shape index (κ1) is 29.1. The summed E-state index contributed by atoms with van der Waals surface area (Å²) in [6, 6.07) is 42.9. The molecule has 0 radical (unpaired) electrons. The maximum Gasteiger partial charge on any atom is 0.252 e. The molecule has 248 valence electrons. The summed E-state index contributed by atoms with van der Waals surface area (Å²) in [6.07, 6.45) is 0. The van der Waals surface area contributed by atoms with Gasteiger partial charge in [-0.25, -0.2) is 0 Å². The van der Waals surface area contributed by atoms with Crippen LogP contribution in [-0.4, -0.2) is 15.8 Å². The fourth-order valence-electron chi connectivity index (χ4n) is 10.4. The lowest BCUT2D eigenvalue weighted by Crippen LogP contribution is -2.59. The van der Waals surface area contributed by atoms with Crippen molar-refractivity contribution < 1.29 is 0 Å². The summed E-state index contributed by atoms with van der Waals surface area (Å²) < 4.78 is 5.26. The van der Waals surface area contributed by atoms with Crippen LogP contribution in [0.4, 0.5) is 0 Å². The SMILES string of the molecule is Cc1cc2c3c(c1)-n1c4cccc5c4c4c(ccc(c41)B3c1cc(C(C)(C)C)cc3c4cc(C(C)(C)C)ccc4n-2c13)-c1cccc2cccc-5c12. The molecule has 0 spiro atoms. The number of benzene rings is 7. The maximum atomic E-state index is 2.64. The lowest BCUT2D eigenvalue weighted by Gasteiger charge is -2.35. The van der Waals surface area contributed by atoms with E-state index in [1.165, 1.54) is 121 Å². The molecule has 2 aromatic heterocycles. The highest BCUT2D eigenvalue weighted by Crippen LogP contribution is 2.50. The van der Waals surface area contributed by atoms with Crippen molar-refractivity contribution in [3.05, 3.63) is 126 Å². The van der Waals surface area contributed by atoms with Crippen molar-refractivity contribution in [1.29, 1.82) is 0 Å². The second-order valence-electron chi connectivity index (χ2n) is 17.8. The number of hydrogen-bond acceptors (Lipinski definition) is 0. The molecule has 0 fully saturated rings. The molecule has 0 bridgehead atoms. The van der Waals surface area contributed by atoms with Gasteiger partial charge >= 0.3 is 0 Å². The molecule has 1 aliphatic carbocycles. The topological polar surface area (TPSA) is 9.86 Å². The first-order valence-electron chi connectivity index (χ1n) is 18.9. The van der Waals surface area contributed by atoms with E-state index in [-0.39, 0.29) is 17.5 Å². The number of aromatic nitrogens is 2. The van der Waals surface area contributed by atoms with Crippen molar-refractivity contribution in [2.75, 3.05) is 0 Å². The Balaban J connectivity index is 1.30. The lowest BCUT2D eigenvalue weighted by atomic mass is 9.34. The van der Waals surface area contributed by atoms with Crippen LogP contribution >= 0.6 is 0 Å². The number of nitrogens with zero attached hydrogens (tertiary/aromatic N) is 2. The van der Waals surface area contributed by atoms with Crippen LogP contribution in [0.1, 0.15) is 58.2 Å². The fraction of sp³-hybridized carbons (Fsp3) is 0.184. The largest absolute Gasteiger partial charge is 0.310 e. The standard InChI is InChI=1S/C49H39BN2/c1-26-21-40-45-41(22-26)52-39-16-10-15-32-30-13-8-11-27-12-9-14-31(42(27)30)33-18-19-36(47(52)44(33)43(32)39)50(45)37-25-29(49(5,6)7)24-35-34-23-28(48(2,3)4)17-20-38(34)51(40)46(35)37/h8-25H,1-7H3. The molecule has 4 heterocycles. The van der Waals surface area contributed by atoms with Gasteiger partial charge in [-0.3, -0.25) is 0 Å². The zero-order valence-electron chi connectivity index (χ0n) is 30.9. The molecule has 0 amide bonds. The van der Waals surface area contributed by atoms with E-state index < -0.39 is 0 Å². The molecule has 2 aliphatic heterocycles. The van der Waals surface area contributed by atoms with Crippen LogP contribution in [0.3, 0.4) is 0 Å². The second-order valence-corrected chi connectivity index (χ2v) is 17.8.